The van der Waals surface area contributed by atoms with Crippen LogP contribution >= 0.6 is 11.6 Å². The molecule has 0 radical (unpaired) electrons. The predicted molar refractivity (Wildman–Crippen MR) is 91.7 cm³/mol. The molecule has 0 amide bonds. The lowest BCUT2D eigenvalue weighted by atomic mass is 10.0. The number of hydrogen-bond donors (Lipinski definition) is 0. The molecule has 0 fully saturated rings. The lowest BCUT2D eigenvalue weighted by molar-refractivity contribution is 0.217. The van der Waals surface area contributed by atoms with Crippen molar-refractivity contribution < 1.29 is 9.13 Å². The Balaban J connectivity index is 2.33. The van der Waals surface area contributed by atoms with Crippen molar-refractivity contribution in [3.05, 3.63) is 64.4 Å². The van der Waals surface area contributed by atoms with E-state index in [9.17, 15) is 9.65 Å². The Morgan fingerprint density at radius 2 is 2.09 bits per heavy atom. The highest BCUT2D eigenvalue weighted by atomic mass is 35.5. The van der Waals surface area contributed by atoms with Gasteiger partial charge >= 0.3 is 0 Å². The molecule has 2 aromatic rings. The van der Waals surface area contributed by atoms with Crippen molar-refractivity contribution in [3.63, 3.8) is 0 Å². The highest BCUT2D eigenvalue weighted by molar-refractivity contribution is 6.32. The topological polar surface area (TPSA) is 33.0 Å². The summed E-state index contributed by atoms with van der Waals surface area (Å²) in [6, 6.07) is 13.5. The van der Waals surface area contributed by atoms with Gasteiger partial charge in [0, 0.05) is 5.56 Å². The van der Waals surface area contributed by atoms with Crippen LogP contribution in [0.2, 0.25) is 5.02 Å². The predicted octanol–water partition coefficient (Wildman–Crippen LogP) is 5.72. The highest BCUT2D eigenvalue weighted by Gasteiger charge is 2.09. The van der Waals surface area contributed by atoms with Crippen LogP contribution in [0.25, 0.3) is 11.6 Å². The fourth-order valence-corrected chi connectivity index (χ4v) is 2.25. The number of rotatable bonds is 5. The molecule has 0 heterocycles. The smallest absolute Gasteiger partial charge is 0.138 e. The third kappa shape index (κ3) is 4.34. The number of allylic oxidation sites excluding steroid dienone is 1. The minimum atomic E-state index is -0.428. The molecule has 0 bridgehead atoms. The molecule has 2 nitrogen and oxygen atoms in total. The zero-order valence-corrected chi connectivity index (χ0v) is 13.8. The molecule has 2 rings (SSSR count). The van der Waals surface area contributed by atoms with Crippen molar-refractivity contribution in [2.75, 3.05) is 0 Å². The SMILES string of the molecule is CC[C@H](C)Oc1ccc(/C=C(/C#N)c2ccccc2F)cc1Cl. The standard InChI is InChI=1S/C19H17ClFNO/c1-3-13(2)23-19-9-8-14(11-17(19)20)10-15(12-22)16-6-4-5-7-18(16)21/h4-11,13H,3H2,1-2H3/b15-10-/t13-/m0/s1. The Morgan fingerprint density at radius 3 is 2.70 bits per heavy atom. The number of benzene rings is 2. The van der Waals surface area contributed by atoms with Gasteiger partial charge in [-0.25, -0.2) is 4.39 Å². The third-order valence-corrected chi connectivity index (χ3v) is 3.75. The molecule has 2 aromatic carbocycles. The summed E-state index contributed by atoms with van der Waals surface area (Å²) < 4.78 is 19.5. The van der Waals surface area contributed by atoms with E-state index in [1.807, 2.05) is 19.9 Å². The van der Waals surface area contributed by atoms with Crippen LogP contribution in [0.5, 0.6) is 5.75 Å². The molecule has 0 aliphatic carbocycles. The summed E-state index contributed by atoms with van der Waals surface area (Å²) in [6.07, 6.45) is 2.56. The van der Waals surface area contributed by atoms with E-state index in [2.05, 4.69) is 0 Å². The van der Waals surface area contributed by atoms with Crippen molar-refractivity contribution in [3.8, 4) is 11.8 Å². The molecule has 118 valence electrons. The minimum Gasteiger partial charge on any atom is -0.489 e. The maximum absolute atomic E-state index is 13.8. The van der Waals surface area contributed by atoms with Gasteiger partial charge in [0.2, 0.25) is 0 Å². The fourth-order valence-electron chi connectivity index (χ4n) is 2.02. The normalized spacial score (nSPS) is 12.6. The summed E-state index contributed by atoms with van der Waals surface area (Å²) in [6.45, 7) is 4.00. The first-order chi connectivity index (χ1) is 11.0. The zero-order valence-electron chi connectivity index (χ0n) is 13.0. The van der Waals surface area contributed by atoms with Gasteiger partial charge in [0.15, 0.2) is 0 Å². The molecule has 0 spiro atoms. The second-order valence-electron chi connectivity index (χ2n) is 5.18. The van der Waals surface area contributed by atoms with Crippen molar-refractivity contribution in [2.24, 2.45) is 0 Å². The van der Waals surface area contributed by atoms with Gasteiger partial charge in [-0.05, 0) is 43.2 Å². The Labute approximate surface area is 140 Å². The Kier molecular flexibility index (Phi) is 5.78. The molecule has 4 heteroatoms. The van der Waals surface area contributed by atoms with Gasteiger partial charge in [-0.15, -0.1) is 0 Å². The first kappa shape index (κ1) is 17.1. The van der Waals surface area contributed by atoms with Crippen LogP contribution in [0.4, 0.5) is 4.39 Å². The van der Waals surface area contributed by atoms with Crippen molar-refractivity contribution in [2.45, 2.75) is 26.4 Å². The zero-order chi connectivity index (χ0) is 16.8. The van der Waals surface area contributed by atoms with Gasteiger partial charge in [0.05, 0.1) is 22.8 Å². The first-order valence-electron chi connectivity index (χ1n) is 7.38. The van der Waals surface area contributed by atoms with Gasteiger partial charge in [0.1, 0.15) is 11.6 Å². The molecular weight excluding hydrogens is 313 g/mol. The third-order valence-electron chi connectivity index (χ3n) is 3.45. The van der Waals surface area contributed by atoms with Crippen molar-refractivity contribution >= 4 is 23.3 Å². The molecule has 0 saturated heterocycles. The summed E-state index contributed by atoms with van der Waals surface area (Å²) >= 11 is 6.22. The fraction of sp³-hybridized carbons (Fsp3) is 0.211. The number of halogens is 2. The van der Waals surface area contributed by atoms with Gasteiger partial charge in [0.25, 0.3) is 0 Å². The molecule has 0 saturated carbocycles. The number of hydrogen-bond acceptors (Lipinski definition) is 2. The van der Waals surface area contributed by atoms with E-state index in [0.717, 1.165) is 6.42 Å². The van der Waals surface area contributed by atoms with E-state index >= 15 is 0 Å². The maximum Gasteiger partial charge on any atom is 0.138 e. The van der Waals surface area contributed by atoms with E-state index in [1.54, 1.807) is 42.5 Å². The average molecular weight is 330 g/mol. The van der Waals surface area contributed by atoms with Crippen LogP contribution in [0.3, 0.4) is 0 Å². The Hall–Kier alpha value is -2.31. The monoisotopic (exact) mass is 329 g/mol. The van der Waals surface area contributed by atoms with Gasteiger partial charge < -0.3 is 4.74 Å². The van der Waals surface area contributed by atoms with Gasteiger partial charge in [-0.1, -0.05) is 42.8 Å². The molecule has 1 atom stereocenters. The van der Waals surface area contributed by atoms with Crippen LogP contribution in [0, 0.1) is 17.1 Å². The number of nitriles is 1. The summed E-state index contributed by atoms with van der Waals surface area (Å²) in [5, 5.41) is 9.76. The largest absolute Gasteiger partial charge is 0.489 e. The number of nitrogens with zero attached hydrogens (tertiary/aromatic N) is 1. The van der Waals surface area contributed by atoms with Crippen LogP contribution in [-0.4, -0.2) is 6.10 Å². The van der Waals surface area contributed by atoms with E-state index < -0.39 is 5.82 Å². The first-order valence-corrected chi connectivity index (χ1v) is 7.75. The molecule has 0 unspecified atom stereocenters. The Bertz CT molecular complexity index is 764. The van der Waals surface area contributed by atoms with Gasteiger partial charge in [-0.2, -0.15) is 5.26 Å². The molecule has 0 aliphatic rings. The molecular formula is C19H17ClFNO. The van der Waals surface area contributed by atoms with E-state index in [1.165, 1.54) is 6.07 Å². The lowest BCUT2D eigenvalue weighted by Crippen LogP contribution is -2.09. The van der Waals surface area contributed by atoms with E-state index in [-0.39, 0.29) is 17.2 Å². The van der Waals surface area contributed by atoms with Crippen molar-refractivity contribution in [1.29, 1.82) is 5.26 Å². The number of ether oxygens (including phenoxy) is 1. The molecule has 23 heavy (non-hydrogen) atoms. The Morgan fingerprint density at radius 1 is 1.35 bits per heavy atom. The highest BCUT2D eigenvalue weighted by Crippen LogP contribution is 2.29. The summed E-state index contributed by atoms with van der Waals surface area (Å²) in [5.41, 5.74) is 1.23. The lowest BCUT2D eigenvalue weighted by Gasteiger charge is -2.14. The van der Waals surface area contributed by atoms with Crippen LogP contribution in [0.15, 0.2) is 42.5 Å². The average Bonchev–Trinajstić information content (AvgIpc) is 2.55. The van der Waals surface area contributed by atoms with E-state index in [0.29, 0.717) is 16.3 Å². The second kappa shape index (κ2) is 7.80. The van der Waals surface area contributed by atoms with Crippen molar-refractivity contribution in [1.82, 2.24) is 0 Å². The summed E-state index contributed by atoms with van der Waals surface area (Å²) in [5.74, 6) is 0.172. The molecule has 0 aliphatic heterocycles. The minimum absolute atomic E-state index is 0.0713. The van der Waals surface area contributed by atoms with Crippen LogP contribution in [-0.2, 0) is 0 Å². The molecule has 0 N–H and O–H groups in total. The van der Waals surface area contributed by atoms with E-state index in [4.69, 9.17) is 16.3 Å². The van der Waals surface area contributed by atoms with Crippen LogP contribution in [0.1, 0.15) is 31.4 Å². The summed E-state index contributed by atoms with van der Waals surface area (Å²) in [7, 11) is 0. The summed E-state index contributed by atoms with van der Waals surface area (Å²) in [4.78, 5) is 0. The van der Waals surface area contributed by atoms with Crippen LogP contribution < -0.4 is 4.74 Å². The quantitative estimate of drug-likeness (QED) is 0.519. The maximum atomic E-state index is 13.8. The van der Waals surface area contributed by atoms with Gasteiger partial charge in [-0.3, -0.25) is 0 Å². The molecule has 0 aromatic heterocycles. The second-order valence-corrected chi connectivity index (χ2v) is 5.58.